The maximum atomic E-state index is 9.00. The van der Waals surface area contributed by atoms with Crippen LogP contribution in [0, 0.1) is 0 Å². The zero-order valence-corrected chi connectivity index (χ0v) is 6.73. The van der Waals surface area contributed by atoms with Crippen LogP contribution in [0.2, 0.25) is 0 Å². The van der Waals surface area contributed by atoms with E-state index in [1.807, 2.05) is 0 Å². The molecule has 0 spiro atoms. The van der Waals surface area contributed by atoms with E-state index in [1.165, 1.54) is 11.8 Å². The Kier molecular flexibility index (Phi) is 13.9. The van der Waals surface area contributed by atoms with Gasteiger partial charge < -0.3 is 10.2 Å². The Morgan fingerprint density at radius 3 is 2.30 bits per heavy atom. The van der Waals surface area contributed by atoms with E-state index < -0.39 is 5.97 Å². The predicted molar refractivity (Wildman–Crippen MR) is 43.1 cm³/mol. The monoisotopic (exact) mass is 164 g/mol. The number of hydrogen-bond acceptors (Lipinski definition) is 3. The second kappa shape index (κ2) is 11.3. The molecular weight excluding hydrogens is 152 g/mol. The fraction of sp³-hybridized carbons (Fsp3) is 0.500. The lowest BCUT2D eigenvalue weighted by Gasteiger charge is -1.82. The molecule has 0 amide bonds. The van der Waals surface area contributed by atoms with Crippen LogP contribution >= 0.6 is 11.8 Å². The van der Waals surface area contributed by atoms with E-state index in [0.717, 1.165) is 12.7 Å². The molecule has 0 aliphatic rings. The Morgan fingerprint density at radius 1 is 1.80 bits per heavy atom. The van der Waals surface area contributed by atoms with Crippen LogP contribution in [0.25, 0.3) is 0 Å². The summed E-state index contributed by atoms with van der Waals surface area (Å²) >= 11 is 1.45. The van der Waals surface area contributed by atoms with Crippen molar-refractivity contribution < 1.29 is 15.0 Å². The van der Waals surface area contributed by atoms with Gasteiger partial charge >= 0.3 is 0 Å². The minimum absolute atomic E-state index is 0.200. The molecule has 4 heteroatoms. The summed E-state index contributed by atoms with van der Waals surface area (Å²) < 4.78 is 0. The van der Waals surface area contributed by atoms with Gasteiger partial charge in [-0.25, -0.2) is 0 Å². The number of thioether (sulfide) groups is 1. The average Bonchev–Trinajstić information content (AvgIpc) is 1.82. The minimum atomic E-state index is -0.833. The van der Waals surface area contributed by atoms with E-state index in [0.29, 0.717) is 0 Å². The molecule has 0 fully saturated rings. The Balaban J connectivity index is 0. The van der Waals surface area contributed by atoms with Crippen molar-refractivity contribution in [2.24, 2.45) is 0 Å². The first-order valence-electron chi connectivity index (χ1n) is 2.64. The fourth-order valence-corrected chi connectivity index (χ4v) is 0.408. The highest BCUT2D eigenvalue weighted by molar-refractivity contribution is 7.99. The molecule has 0 atom stereocenters. The van der Waals surface area contributed by atoms with Crippen LogP contribution in [0.4, 0.5) is 0 Å². The van der Waals surface area contributed by atoms with Gasteiger partial charge in [0.1, 0.15) is 0 Å². The van der Waals surface area contributed by atoms with Gasteiger partial charge in [0.15, 0.2) is 0 Å². The minimum Gasteiger partial charge on any atom is -0.481 e. The van der Waals surface area contributed by atoms with Crippen molar-refractivity contribution in [3.63, 3.8) is 0 Å². The highest BCUT2D eigenvalue weighted by atomic mass is 32.2. The number of aliphatic hydroxyl groups is 1. The van der Waals surface area contributed by atoms with Crippen molar-refractivity contribution in [3.8, 4) is 0 Å². The first kappa shape index (κ1) is 12.2. The van der Waals surface area contributed by atoms with Crippen molar-refractivity contribution in [3.05, 3.63) is 12.7 Å². The third-order valence-corrected chi connectivity index (χ3v) is 0.981. The molecule has 0 aromatic carbocycles. The molecular formula is C6H12O3S. The number of hydrogen-bond donors (Lipinski definition) is 2. The van der Waals surface area contributed by atoms with Crippen LogP contribution in [0.1, 0.15) is 6.92 Å². The van der Waals surface area contributed by atoms with Gasteiger partial charge in [-0.1, -0.05) is 6.08 Å². The molecule has 0 radical (unpaired) electrons. The lowest BCUT2D eigenvalue weighted by atomic mass is 10.8. The summed E-state index contributed by atoms with van der Waals surface area (Å²) in [7, 11) is 0. The van der Waals surface area contributed by atoms with Gasteiger partial charge in [0.05, 0.1) is 5.94 Å². The summed E-state index contributed by atoms with van der Waals surface area (Å²) in [6.07, 6.45) is 1.76. The number of aliphatic hydroxyl groups excluding tert-OH is 1. The molecule has 0 saturated heterocycles. The van der Waals surface area contributed by atoms with Crippen LogP contribution in [0.15, 0.2) is 12.7 Å². The van der Waals surface area contributed by atoms with Crippen LogP contribution < -0.4 is 0 Å². The topological polar surface area (TPSA) is 57.5 Å². The van der Waals surface area contributed by atoms with E-state index in [9.17, 15) is 0 Å². The van der Waals surface area contributed by atoms with Gasteiger partial charge in [-0.05, 0) is 0 Å². The number of aliphatic carboxylic acids is 1. The van der Waals surface area contributed by atoms with Crippen LogP contribution in [0.3, 0.4) is 0 Å². The highest BCUT2D eigenvalue weighted by Gasteiger charge is 1.71. The molecule has 0 saturated carbocycles. The fourth-order valence-electron chi connectivity index (χ4n) is 0.136. The molecule has 0 aliphatic carbocycles. The average molecular weight is 164 g/mol. The molecule has 3 nitrogen and oxygen atoms in total. The molecule has 0 aromatic heterocycles. The molecule has 0 heterocycles. The standard InChI is InChI=1S/C4H8OS.C2H4O2/c1-2-3-6-4-5;1-2(3)4/h2,5H,1,3-4H2;1H3,(H,3,4). The number of carboxylic acids is 1. The van der Waals surface area contributed by atoms with Crippen molar-refractivity contribution >= 4 is 17.7 Å². The largest absolute Gasteiger partial charge is 0.481 e. The maximum absolute atomic E-state index is 9.00. The quantitative estimate of drug-likeness (QED) is 0.370. The van der Waals surface area contributed by atoms with Crippen molar-refractivity contribution in [2.45, 2.75) is 6.92 Å². The summed E-state index contributed by atoms with van der Waals surface area (Å²) in [5, 5.41) is 15.5. The van der Waals surface area contributed by atoms with Crippen LogP contribution in [-0.4, -0.2) is 27.9 Å². The molecule has 0 bridgehead atoms. The van der Waals surface area contributed by atoms with E-state index in [-0.39, 0.29) is 5.94 Å². The molecule has 0 aliphatic heterocycles. The van der Waals surface area contributed by atoms with E-state index >= 15 is 0 Å². The van der Waals surface area contributed by atoms with Crippen LogP contribution in [0.5, 0.6) is 0 Å². The van der Waals surface area contributed by atoms with E-state index in [4.69, 9.17) is 15.0 Å². The predicted octanol–water partition coefficient (Wildman–Crippen LogP) is 0.946. The summed E-state index contributed by atoms with van der Waals surface area (Å²) in [6, 6.07) is 0. The molecule has 0 rings (SSSR count). The second-order valence-corrected chi connectivity index (χ2v) is 2.31. The smallest absolute Gasteiger partial charge is 0.300 e. The summed E-state index contributed by atoms with van der Waals surface area (Å²) in [5.74, 6) is 0.211. The van der Waals surface area contributed by atoms with Gasteiger partial charge in [-0.2, -0.15) is 0 Å². The number of rotatable bonds is 3. The van der Waals surface area contributed by atoms with Gasteiger partial charge in [-0.3, -0.25) is 4.79 Å². The van der Waals surface area contributed by atoms with Gasteiger partial charge in [0, 0.05) is 12.7 Å². The first-order valence-corrected chi connectivity index (χ1v) is 3.79. The first-order chi connectivity index (χ1) is 4.65. The summed E-state index contributed by atoms with van der Waals surface area (Å²) in [6.45, 7) is 4.55. The van der Waals surface area contributed by atoms with Crippen LogP contribution in [-0.2, 0) is 4.79 Å². The Morgan fingerprint density at radius 2 is 2.20 bits per heavy atom. The third-order valence-electron chi connectivity index (χ3n) is 0.327. The van der Waals surface area contributed by atoms with Crippen molar-refractivity contribution in [1.29, 1.82) is 0 Å². The van der Waals surface area contributed by atoms with E-state index in [2.05, 4.69) is 6.58 Å². The molecule has 0 unspecified atom stereocenters. The highest BCUT2D eigenvalue weighted by Crippen LogP contribution is 1.93. The van der Waals surface area contributed by atoms with Gasteiger partial charge in [-0.15, -0.1) is 18.3 Å². The Bertz CT molecular complexity index is 89.0. The number of carbonyl (C=O) groups is 1. The zero-order chi connectivity index (χ0) is 8.41. The van der Waals surface area contributed by atoms with E-state index in [1.54, 1.807) is 6.08 Å². The van der Waals surface area contributed by atoms with Gasteiger partial charge in [0.25, 0.3) is 5.97 Å². The van der Waals surface area contributed by atoms with Crippen molar-refractivity contribution in [1.82, 2.24) is 0 Å². The zero-order valence-electron chi connectivity index (χ0n) is 5.91. The number of carboxylic acid groups (broad SMARTS) is 1. The summed E-state index contributed by atoms with van der Waals surface area (Å²) in [4.78, 5) is 9.00. The van der Waals surface area contributed by atoms with Gasteiger partial charge in [0.2, 0.25) is 0 Å². The molecule has 60 valence electrons. The second-order valence-electron chi connectivity index (χ2n) is 1.31. The normalized spacial score (nSPS) is 7.40. The molecule has 2 N–H and O–H groups in total. The lowest BCUT2D eigenvalue weighted by molar-refractivity contribution is -0.134. The Hall–Kier alpha value is -0.480. The molecule has 0 aromatic rings. The third kappa shape index (κ3) is 50.3. The summed E-state index contributed by atoms with van der Waals surface area (Å²) in [5.41, 5.74) is 0. The molecule has 10 heavy (non-hydrogen) atoms. The SMILES string of the molecule is C=CCSCO.CC(=O)O. The maximum Gasteiger partial charge on any atom is 0.300 e. The van der Waals surface area contributed by atoms with Crippen molar-refractivity contribution in [2.75, 3.05) is 11.7 Å². The Labute approximate surface area is 64.8 Å². The lowest BCUT2D eigenvalue weighted by Crippen LogP contribution is -1.78.